The quantitative estimate of drug-likeness (QED) is 0.162. The average molecular weight is 590 g/mol. The van der Waals surface area contributed by atoms with Crippen LogP contribution >= 0.6 is 0 Å². The van der Waals surface area contributed by atoms with E-state index in [4.69, 9.17) is 16.2 Å². The summed E-state index contributed by atoms with van der Waals surface area (Å²) in [6.07, 6.45) is 12.9. The van der Waals surface area contributed by atoms with Crippen molar-refractivity contribution in [2.24, 2.45) is 11.5 Å². The van der Waals surface area contributed by atoms with E-state index >= 15 is 0 Å². The highest BCUT2D eigenvalue weighted by molar-refractivity contribution is 5.92. The van der Waals surface area contributed by atoms with Gasteiger partial charge in [0.15, 0.2) is 5.65 Å². The van der Waals surface area contributed by atoms with Crippen LogP contribution < -0.4 is 21.7 Å². The van der Waals surface area contributed by atoms with Crippen LogP contribution in [-0.2, 0) is 25.7 Å². The van der Waals surface area contributed by atoms with E-state index in [1.54, 1.807) is 21.0 Å². The maximum Gasteiger partial charge on any atom is 0.242 e. The summed E-state index contributed by atoms with van der Waals surface area (Å²) >= 11 is 0. The molecule has 0 radical (unpaired) electrons. The van der Waals surface area contributed by atoms with Gasteiger partial charge in [0.25, 0.3) is 0 Å². The number of hydrogen-bond acceptors (Lipinski definition) is 9. The van der Waals surface area contributed by atoms with Gasteiger partial charge in [-0.15, -0.1) is 0 Å². The van der Waals surface area contributed by atoms with Crippen molar-refractivity contribution in [3.63, 3.8) is 0 Å². The molecule has 3 heterocycles. The van der Waals surface area contributed by atoms with Crippen molar-refractivity contribution in [1.29, 1.82) is 0 Å². The zero-order chi connectivity index (χ0) is 31.1. The maximum atomic E-state index is 12.3. The molecule has 13 heteroatoms. The van der Waals surface area contributed by atoms with Gasteiger partial charge in [0.1, 0.15) is 30.6 Å². The number of amides is 3. The van der Waals surface area contributed by atoms with Gasteiger partial charge in [-0.1, -0.05) is 0 Å². The number of nitrogens with two attached hydrogens (primary N) is 2. The Morgan fingerprint density at radius 3 is 2.44 bits per heavy atom. The Hall–Kier alpha value is -4.94. The highest BCUT2D eigenvalue weighted by Crippen LogP contribution is 2.42. The van der Waals surface area contributed by atoms with Gasteiger partial charge >= 0.3 is 0 Å². The van der Waals surface area contributed by atoms with Gasteiger partial charge in [-0.25, -0.2) is 15.0 Å². The van der Waals surface area contributed by atoms with Gasteiger partial charge in [0.05, 0.1) is 11.4 Å². The van der Waals surface area contributed by atoms with E-state index in [-0.39, 0.29) is 24.9 Å². The zero-order valence-electron chi connectivity index (χ0n) is 25.0. The second-order valence-electron chi connectivity index (χ2n) is 10.9. The van der Waals surface area contributed by atoms with Crippen molar-refractivity contribution in [3.8, 4) is 0 Å². The number of rotatable bonds is 12. The van der Waals surface area contributed by atoms with E-state index in [1.165, 1.54) is 28.7 Å². The SMILES string of the molecule is C/C(N)=C(/C=C(\N)NC=O)OCc1cn2cc(C3CC3)cc(N(C=O)CC(=O)N(C)C)c2n1.Cc1ccnc(C2CC2)n1. The molecule has 0 unspecified atom stereocenters. The second kappa shape index (κ2) is 13.8. The lowest BCUT2D eigenvalue weighted by Gasteiger charge is -2.20. The lowest BCUT2D eigenvalue weighted by atomic mass is 10.1. The number of aromatic nitrogens is 4. The fraction of sp³-hybridized carbons (Fsp3) is 0.400. The van der Waals surface area contributed by atoms with Crippen LogP contribution in [0, 0.1) is 6.92 Å². The number of nitrogens with one attached hydrogen (secondary N) is 1. The predicted molar refractivity (Wildman–Crippen MR) is 161 cm³/mol. The third-order valence-corrected chi connectivity index (χ3v) is 6.93. The molecule has 0 aliphatic heterocycles. The monoisotopic (exact) mass is 589 g/mol. The standard InChI is InChI=1S/C22H29N7O4.C8H10N2/c1-14(23)19(7-20(24)25-12-30)33-11-17-9-28-8-16(15-4-5-15)6-18(22(28)26-17)29(13-31)10-21(32)27(2)3;1-6-4-5-9-8(10-6)7-2-3-7/h6-9,12-13,15H,4-5,10-11,23-24H2,1-3H3,(H,25,30);4-5,7H,2-3H2,1H3/b19-14+,20-7+;. The minimum atomic E-state index is -0.200. The number of allylic oxidation sites excluding steroid dienone is 2. The molecular weight excluding hydrogens is 550 g/mol. The molecule has 0 spiro atoms. The molecule has 3 aromatic heterocycles. The van der Waals surface area contributed by atoms with Crippen LogP contribution in [0.5, 0.6) is 0 Å². The first kappa shape index (κ1) is 31.0. The third kappa shape index (κ3) is 8.53. The maximum absolute atomic E-state index is 12.3. The topological polar surface area (TPSA) is 174 Å². The number of anilines is 1. The van der Waals surface area contributed by atoms with Crippen LogP contribution in [0.4, 0.5) is 5.69 Å². The zero-order valence-corrected chi connectivity index (χ0v) is 25.0. The Morgan fingerprint density at radius 1 is 1.14 bits per heavy atom. The molecule has 43 heavy (non-hydrogen) atoms. The molecule has 0 bridgehead atoms. The minimum Gasteiger partial charge on any atom is -0.485 e. The van der Waals surface area contributed by atoms with Gasteiger partial charge in [0, 0.05) is 56.1 Å². The summed E-state index contributed by atoms with van der Waals surface area (Å²) in [4.78, 5) is 50.6. The molecule has 2 fully saturated rings. The van der Waals surface area contributed by atoms with Crippen molar-refractivity contribution in [3.05, 3.63) is 76.9 Å². The fourth-order valence-corrected chi connectivity index (χ4v) is 4.22. The van der Waals surface area contributed by atoms with E-state index in [1.807, 2.05) is 42.0 Å². The first-order valence-corrected chi connectivity index (χ1v) is 14.1. The number of aryl methyl sites for hydroxylation is 1. The average Bonchev–Trinajstić information content (AvgIpc) is 3.90. The number of imidazole rings is 1. The van der Waals surface area contributed by atoms with Crippen LogP contribution in [0.2, 0.25) is 0 Å². The van der Waals surface area contributed by atoms with Crippen LogP contribution in [0.3, 0.4) is 0 Å². The van der Waals surface area contributed by atoms with Crippen molar-refractivity contribution in [2.75, 3.05) is 25.5 Å². The summed E-state index contributed by atoms with van der Waals surface area (Å²) in [5, 5.41) is 2.32. The highest BCUT2D eigenvalue weighted by Gasteiger charge is 2.27. The minimum absolute atomic E-state index is 0.0757. The Morgan fingerprint density at radius 2 is 1.86 bits per heavy atom. The number of pyridine rings is 1. The molecule has 2 saturated carbocycles. The molecule has 5 rings (SSSR count). The Balaban J connectivity index is 0.000000353. The summed E-state index contributed by atoms with van der Waals surface area (Å²) < 4.78 is 7.61. The number of likely N-dealkylation sites (N-methyl/N-ethyl adjacent to an activating group) is 1. The van der Waals surface area contributed by atoms with E-state index in [0.29, 0.717) is 53.1 Å². The molecule has 5 N–H and O–H groups in total. The Labute approximate surface area is 250 Å². The molecule has 3 amide bonds. The predicted octanol–water partition coefficient (Wildman–Crippen LogP) is 2.18. The Bertz CT molecular complexity index is 1530. The molecular formula is C30H39N9O4. The molecule has 0 atom stereocenters. The van der Waals surface area contributed by atoms with E-state index in [9.17, 15) is 14.4 Å². The summed E-state index contributed by atoms with van der Waals surface area (Å²) in [6, 6.07) is 3.86. The van der Waals surface area contributed by atoms with Crippen molar-refractivity contribution < 1.29 is 19.1 Å². The van der Waals surface area contributed by atoms with Gasteiger partial charge in [-0.2, -0.15) is 0 Å². The molecule has 0 aromatic carbocycles. The summed E-state index contributed by atoms with van der Waals surface area (Å²) in [7, 11) is 3.28. The van der Waals surface area contributed by atoms with Gasteiger partial charge in [0.2, 0.25) is 18.7 Å². The first-order chi connectivity index (χ1) is 20.6. The van der Waals surface area contributed by atoms with E-state index in [0.717, 1.165) is 29.9 Å². The van der Waals surface area contributed by atoms with E-state index < -0.39 is 0 Å². The third-order valence-electron chi connectivity index (χ3n) is 6.93. The first-order valence-electron chi connectivity index (χ1n) is 14.1. The van der Waals surface area contributed by atoms with Gasteiger partial charge in [-0.3, -0.25) is 14.4 Å². The summed E-state index contributed by atoms with van der Waals surface area (Å²) in [5.74, 6) is 2.34. The summed E-state index contributed by atoms with van der Waals surface area (Å²) in [6.45, 7) is 3.64. The Kier molecular flexibility index (Phi) is 9.96. The van der Waals surface area contributed by atoms with Gasteiger partial charge in [-0.05, 0) is 63.1 Å². The number of ether oxygens (including phenoxy) is 1. The molecule has 228 valence electrons. The van der Waals surface area contributed by atoms with Crippen LogP contribution in [0.25, 0.3) is 5.65 Å². The van der Waals surface area contributed by atoms with Crippen molar-refractivity contribution in [2.45, 2.75) is 58.0 Å². The van der Waals surface area contributed by atoms with Crippen LogP contribution in [-0.4, -0.2) is 63.6 Å². The number of fused-ring (bicyclic) bond motifs is 1. The number of carbonyl (C=O) groups is 3. The highest BCUT2D eigenvalue weighted by atomic mass is 16.5. The number of hydrogen-bond donors (Lipinski definition) is 3. The second-order valence-corrected chi connectivity index (χ2v) is 10.9. The normalized spacial score (nSPS) is 15.1. The van der Waals surface area contributed by atoms with Crippen LogP contribution in [0.1, 0.15) is 67.2 Å². The molecule has 2 aliphatic rings. The molecule has 13 nitrogen and oxygen atoms in total. The smallest absolute Gasteiger partial charge is 0.242 e. The van der Waals surface area contributed by atoms with Gasteiger partial charge < -0.3 is 35.7 Å². The lowest BCUT2D eigenvalue weighted by Crippen LogP contribution is -2.36. The van der Waals surface area contributed by atoms with E-state index in [2.05, 4.69) is 20.3 Å². The fourth-order valence-electron chi connectivity index (χ4n) is 4.22. The largest absolute Gasteiger partial charge is 0.485 e. The number of nitrogens with zero attached hydrogens (tertiary/aromatic N) is 6. The lowest BCUT2D eigenvalue weighted by molar-refractivity contribution is -0.128. The molecule has 3 aromatic rings. The van der Waals surface area contributed by atoms with Crippen molar-refractivity contribution in [1.82, 2.24) is 29.6 Å². The molecule has 2 aliphatic carbocycles. The summed E-state index contributed by atoms with van der Waals surface area (Å²) in [5.41, 5.74) is 15.8. The molecule has 0 saturated heterocycles. The van der Waals surface area contributed by atoms with Crippen LogP contribution in [0.15, 0.2) is 54.1 Å². The van der Waals surface area contributed by atoms with Crippen molar-refractivity contribution >= 4 is 30.1 Å². The number of carbonyl (C=O) groups excluding carboxylic acids is 3.